The van der Waals surface area contributed by atoms with Gasteiger partial charge in [-0.25, -0.2) is 9.89 Å². The maximum absolute atomic E-state index is 12.3. The molecule has 0 radical (unpaired) electrons. The van der Waals surface area contributed by atoms with E-state index < -0.39 is 23.5 Å². The second-order valence-corrected chi connectivity index (χ2v) is 6.94. The Morgan fingerprint density at radius 1 is 1.13 bits per heavy atom. The van der Waals surface area contributed by atoms with Crippen LogP contribution in [0.1, 0.15) is 28.4 Å². The zero-order valence-electron chi connectivity index (χ0n) is 16.8. The van der Waals surface area contributed by atoms with Crippen LogP contribution < -0.4 is 10.3 Å². The van der Waals surface area contributed by atoms with Gasteiger partial charge in [0.25, 0.3) is 5.56 Å². The van der Waals surface area contributed by atoms with Gasteiger partial charge < -0.3 is 19.1 Å². The first-order valence-electron chi connectivity index (χ1n) is 9.40. The number of hydrogen-bond donors (Lipinski definition) is 2. The minimum absolute atomic E-state index is 0.0616. The number of carboxylic acid groups (broad SMARTS) is 1. The van der Waals surface area contributed by atoms with E-state index in [1.54, 1.807) is 23.8 Å². The van der Waals surface area contributed by atoms with Crippen molar-refractivity contribution in [2.24, 2.45) is 0 Å². The Bertz CT molecular complexity index is 1320. The van der Waals surface area contributed by atoms with E-state index in [9.17, 15) is 19.5 Å². The Balaban J connectivity index is 2.00. The van der Waals surface area contributed by atoms with Crippen LogP contribution in [0.2, 0.25) is 0 Å². The fraction of sp³-hybridized carbons (Fsp3) is 0.182. The molecule has 0 spiro atoms. The van der Waals surface area contributed by atoms with Crippen LogP contribution in [0.5, 0.6) is 5.75 Å². The number of methoxy groups -OCH3 is 2. The van der Waals surface area contributed by atoms with Gasteiger partial charge in [-0.1, -0.05) is 30.3 Å². The van der Waals surface area contributed by atoms with E-state index >= 15 is 0 Å². The molecule has 0 fully saturated rings. The molecule has 4 rings (SSSR count). The van der Waals surface area contributed by atoms with Crippen LogP contribution >= 0.6 is 0 Å². The topological polar surface area (TPSA) is 124 Å². The molecular weight excluding hydrogens is 402 g/mol. The normalized spacial score (nSPS) is 12.1. The number of hydrogen-bond acceptors (Lipinski definition) is 6. The molecule has 0 amide bonds. The Hall–Kier alpha value is -4.14. The first-order chi connectivity index (χ1) is 14.9. The Morgan fingerprint density at radius 3 is 2.55 bits per heavy atom. The van der Waals surface area contributed by atoms with Gasteiger partial charge in [-0.3, -0.25) is 9.59 Å². The number of fused-ring (bicyclic) bond motifs is 2. The lowest BCUT2D eigenvalue weighted by molar-refractivity contribution is -0.137. The van der Waals surface area contributed by atoms with Crippen molar-refractivity contribution >= 4 is 22.7 Å². The summed E-state index contributed by atoms with van der Waals surface area (Å²) in [5, 5.41) is 17.5. The highest BCUT2D eigenvalue weighted by Crippen LogP contribution is 2.35. The molecule has 31 heavy (non-hydrogen) atoms. The molecular formula is C22H19N3O6. The molecule has 1 atom stereocenters. The van der Waals surface area contributed by atoms with E-state index in [0.29, 0.717) is 11.3 Å². The van der Waals surface area contributed by atoms with Gasteiger partial charge in [0.2, 0.25) is 0 Å². The summed E-state index contributed by atoms with van der Waals surface area (Å²) in [7, 11) is 2.79. The summed E-state index contributed by atoms with van der Waals surface area (Å²) in [4.78, 5) is 36.4. The molecule has 2 N–H and O–H groups in total. The number of carbonyl (C=O) groups is 2. The van der Waals surface area contributed by atoms with Crippen molar-refractivity contribution in [2.75, 3.05) is 14.2 Å². The highest BCUT2D eigenvalue weighted by atomic mass is 16.5. The number of benzene rings is 2. The number of carbonyl (C=O) groups excluding carboxylic acids is 1. The lowest BCUT2D eigenvalue weighted by Gasteiger charge is -2.23. The maximum atomic E-state index is 12.3. The van der Waals surface area contributed by atoms with Gasteiger partial charge in [-0.2, -0.15) is 5.10 Å². The van der Waals surface area contributed by atoms with E-state index in [2.05, 4.69) is 10.2 Å². The summed E-state index contributed by atoms with van der Waals surface area (Å²) in [5.41, 5.74) is 0.613. The predicted octanol–water partition coefficient (Wildman–Crippen LogP) is 2.69. The third-order valence-electron chi connectivity index (χ3n) is 5.21. The van der Waals surface area contributed by atoms with Crippen LogP contribution in [0.25, 0.3) is 22.0 Å². The Morgan fingerprint density at radius 2 is 1.87 bits per heavy atom. The number of pyridine rings is 1. The molecule has 0 aromatic heterocycles. The summed E-state index contributed by atoms with van der Waals surface area (Å²) in [6, 6.07) is 10.3. The van der Waals surface area contributed by atoms with Crippen LogP contribution in [-0.4, -0.2) is 46.0 Å². The highest BCUT2D eigenvalue weighted by molar-refractivity contribution is 5.96. The molecule has 0 unspecified atom stereocenters. The molecule has 2 aromatic rings. The van der Waals surface area contributed by atoms with Crippen molar-refractivity contribution in [3.63, 3.8) is 0 Å². The molecule has 158 valence electrons. The van der Waals surface area contributed by atoms with Gasteiger partial charge in [-0.05, 0) is 17.0 Å². The smallest absolute Gasteiger partial charge is 0.341 e. The van der Waals surface area contributed by atoms with Gasteiger partial charge in [0.1, 0.15) is 17.0 Å². The van der Waals surface area contributed by atoms with Crippen LogP contribution in [0.15, 0.2) is 53.6 Å². The summed E-state index contributed by atoms with van der Waals surface area (Å²) in [6.07, 6.45) is 2.68. The van der Waals surface area contributed by atoms with Crippen LogP contribution in [0.4, 0.5) is 0 Å². The van der Waals surface area contributed by atoms with Crippen molar-refractivity contribution in [1.29, 1.82) is 0 Å². The van der Waals surface area contributed by atoms with Crippen LogP contribution in [0, 0.1) is 0 Å². The number of H-pyrrole nitrogens is 1. The zero-order valence-corrected chi connectivity index (χ0v) is 16.8. The van der Waals surface area contributed by atoms with Crippen molar-refractivity contribution in [2.45, 2.75) is 12.5 Å². The molecule has 0 saturated carbocycles. The van der Waals surface area contributed by atoms with Crippen LogP contribution in [0.3, 0.4) is 0 Å². The number of aromatic nitrogens is 3. The predicted molar refractivity (Wildman–Crippen MR) is 112 cm³/mol. The minimum atomic E-state index is -1.04. The fourth-order valence-corrected chi connectivity index (χ4v) is 3.80. The molecule has 0 aliphatic carbocycles. The number of rotatable bonds is 6. The van der Waals surface area contributed by atoms with Crippen molar-refractivity contribution in [1.82, 2.24) is 14.8 Å². The third-order valence-corrected chi connectivity index (χ3v) is 5.21. The van der Waals surface area contributed by atoms with Crippen molar-refractivity contribution < 1.29 is 24.2 Å². The maximum Gasteiger partial charge on any atom is 0.341 e. The van der Waals surface area contributed by atoms with Crippen LogP contribution in [-0.2, 0) is 9.53 Å². The summed E-state index contributed by atoms with van der Waals surface area (Å²) in [5.74, 6) is -1.06. The standard InChI is InChI=1S/C22H19N3O6/c1-30-18-8-7-13(12-5-3-4-6-14(12)18)17(9-19(26)27)25-10-15-20(23-24-21(15)28)16(11-25)22(29)31-2/h3-8,10-11,17H,9H2,1-2H3,(H,24,28)(H,26,27)/t17-/m0/s1. The highest BCUT2D eigenvalue weighted by Gasteiger charge is 2.26. The van der Waals surface area contributed by atoms with E-state index in [0.717, 1.165) is 10.8 Å². The summed E-state index contributed by atoms with van der Waals surface area (Å²) >= 11 is 0. The van der Waals surface area contributed by atoms with Crippen molar-refractivity contribution in [3.8, 4) is 17.0 Å². The number of aromatic amines is 1. The Labute approximate surface area is 176 Å². The minimum Gasteiger partial charge on any atom is -0.496 e. The molecule has 0 bridgehead atoms. The summed E-state index contributed by atoms with van der Waals surface area (Å²) < 4.78 is 11.8. The largest absolute Gasteiger partial charge is 0.496 e. The molecule has 9 heteroatoms. The number of ether oxygens (including phenoxy) is 2. The van der Waals surface area contributed by atoms with E-state index in [1.165, 1.54) is 19.5 Å². The van der Waals surface area contributed by atoms with Gasteiger partial charge in [0.05, 0.1) is 32.2 Å². The van der Waals surface area contributed by atoms with Gasteiger partial charge in [0.15, 0.2) is 0 Å². The fourth-order valence-electron chi connectivity index (χ4n) is 3.80. The van der Waals surface area contributed by atoms with Gasteiger partial charge >= 0.3 is 11.9 Å². The lowest BCUT2D eigenvalue weighted by atomic mass is 9.95. The SMILES string of the molecule is COC(=O)c1cn([C@@H](CC(=O)O)c2ccc(OC)c3ccccc23)cc2c(=O)[nH]nc1-2. The summed E-state index contributed by atoms with van der Waals surface area (Å²) in [6.45, 7) is 0. The average Bonchev–Trinajstić information content (AvgIpc) is 3.16. The molecule has 2 aliphatic rings. The number of nitrogens with one attached hydrogen (secondary N) is 1. The molecule has 9 nitrogen and oxygen atoms in total. The first kappa shape index (κ1) is 20.1. The second-order valence-electron chi connectivity index (χ2n) is 6.94. The first-order valence-corrected chi connectivity index (χ1v) is 9.40. The number of aliphatic carboxylic acids is 1. The number of esters is 1. The van der Waals surface area contributed by atoms with Crippen molar-refractivity contribution in [3.05, 3.63) is 70.3 Å². The molecule has 2 heterocycles. The van der Waals surface area contributed by atoms with Gasteiger partial charge in [-0.15, -0.1) is 0 Å². The lowest BCUT2D eigenvalue weighted by Crippen LogP contribution is -2.19. The zero-order chi connectivity index (χ0) is 22.1. The monoisotopic (exact) mass is 421 g/mol. The quantitative estimate of drug-likeness (QED) is 0.459. The third kappa shape index (κ3) is 3.50. The Kier molecular flexibility index (Phi) is 5.16. The number of carboxylic acids is 1. The average molecular weight is 421 g/mol. The molecule has 2 aromatic carbocycles. The van der Waals surface area contributed by atoms with E-state index in [-0.39, 0.29) is 23.2 Å². The van der Waals surface area contributed by atoms with E-state index in [1.807, 2.05) is 24.3 Å². The van der Waals surface area contributed by atoms with E-state index in [4.69, 9.17) is 9.47 Å². The second kappa shape index (κ2) is 7.94. The van der Waals surface area contributed by atoms with Gasteiger partial charge in [0, 0.05) is 17.8 Å². The molecule has 0 saturated heterocycles. The molecule has 2 aliphatic heterocycles. The number of nitrogens with zero attached hydrogens (tertiary/aromatic N) is 2.